The second-order valence-corrected chi connectivity index (χ2v) is 3.46. The summed E-state index contributed by atoms with van der Waals surface area (Å²) in [5.74, 6) is 0.710. The molecule has 0 radical (unpaired) electrons. The first-order valence-electron chi connectivity index (χ1n) is 5.50. The largest absolute Gasteiger partial charge is 0.496 e. The first kappa shape index (κ1) is 13.3. The summed E-state index contributed by atoms with van der Waals surface area (Å²) in [5.41, 5.74) is 6.15. The van der Waals surface area contributed by atoms with Gasteiger partial charge in [-0.3, -0.25) is 0 Å². The lowest BCUT2D eigenvalue weighted by atomic mass is 10.2. The highest BCUT2D eigenvalue weighted by Crippen LogP contribution is 2.17. The molecule has 0 saturated heterocycles. The number of nitrogens with two attached hydrogens (primary N) is 1. The fourth-order valence-corrected chi connectivity index (χ4v) is 1.31. The number of hydrogen-bond donors (Lipinski definition) is 2. The van der Waals surface area contributed by atoms with E-state index >= 15 is 0 Å². The van der Waals surface area contributed by atoms with Gasteiger partial charge in [0.25, 0.3) is 0 Å². The maximum atomic E-state index is 11.3. The number of benzene rings is 1. The van der Waals surface area contributed by atoms with Gasteiger partial charge in [-0.25, -0.2) is 4.79 Å². The molecular weight excluding hydrogens is 220 g/mol. The maximum absolute atomic E-state index is 11.3. The summed E-state index contributed by atoms with van der Waals surface area (Å²) in [6.07, 6.45) is 0.299. The minimum Gasteiger partial charge on any atom is -0.496 e. The summed E-state index contributed by atoms with van der Waals surface area (Å²) in [6, 6.07) is 7.41. The summed E-state index contributed by atoms with van der Waals surface area (Å²) >= 11 is 0. The Labute approximate surface area is 101 Å². The molecule has 0 heterocycles. The highest BCUT2D eigenvalue weighted by Gasteiger charge is 2.05. The van der Waals surface area contributed by atoms with Gasteiger partial charge >= 0.3 is 6.09 Å². The van der Waals surface area contributed by atoms with Gasteiger partial charge in [-0.15, -0.1) is 0 Å². The fourth-order valence-electron chi connectivity index (χ4n) is 1.31. The van der Waals surface area contributed by atoms with E-state index < -0.39 is 6.09 Å². The molecule has 17 heavy (non-hydrogen) atoms. The van der Waals surface area contributed by atoms with Crippen LogP contribution in [0.3, 0.4) is 0 Å². The third-order valence-corrected chi connectivity index (χ3v) is 2.20. The molecule has 0 aliphatic carbocycles. The summed E-state index contributed by atoms with van der Waals surface area (Å²) in [5, 5.41) is 2.61. The number of hydrogen-bond acceptors (Lipinski definition) is 4. The number of rotatable bonds is 6. The minimum atomic E-state index is -0.440. The normalized spacial score (nSPS) is 9.76. The Balaban J connectivity index is 2.36. The van der Waals surface area contributed by atoms with Crippen LogP contribution in [-0.2, 0) is 11.3 Å². The van der Waals surface area contributed by atoms with Crippen molar-refractivity contribution in [3.05, 3.63) is 29.8 Å². The van der Waals surface area contributed by atoms with Crippen molar-refractivity contribution in [1.82, 2.24) is 5.32 Å². The van der Waals surface area contributed by atoms with Crippen LogP contribution in [0.25, 0.3) is 0 Å². The van der Waals surface area contributed by atoms with Gasteiger partial charge in [-0.05, 0) is 19.0 Å². The summed E-state index contributed by atoms with van der Waals surface area (Å²) in [4.78, 5) is 11.3. The van der Waals surface area contributed by atoms with Crippen LogP contribution in [-0.4, -0.2) is 26.3 Å². The van der Waals surface area contributed by atoms with Gasteiger partial charge in [0.15, 0.2) is 0 Å². The first-order chi connectivity index (χ1) is 8.27. The average Bonchev–Trinajstić information content (AvgIpc) is 2.37. The van der Waals surface area contributed by atoms with Gasteiger partial charge in [-0.2, -0.15) is 0 Å². The number of carbonyl (C=O) groups excluding carboxylic acids is 1. The molecule has 94 valence electrons. The van der Waals surface area contributed by atoms with Crippen LogP contribution >= 0.6 is 0 Å². The SMILES string of the molecule is COc1ccccc1COC(=O)NCCCN. The smallest absolute Gasteiger partial charge is 0.407 e. The second-order valence-electron chi connectivity index (χ2n) is 3.46. The number of methoxy groups -OCH3 is 1. The van der Waals surface area contributed by atoms with Crippen LogP contribution in [0.5, 0.6) is 5.75 Å². The predicted octanol–water partition coefficient (Wildman–Crippen LogP) is 1.27. The predicted molar refractivity (Wildman–Crippen MR) is 64.9 cm³/mol. The molecule has 5 nitrogen and oxygen atoms in total. The first-order valence-corrected chi connectivity index (χ1v) is 5.50. The van der Waals surface area contributed by atoms with Crippen molar-refractivity contribution in [3.8, 4) is 5.75 Å². The molecule has 0 fully saturated rings. The van der Waals surface area contributed by atoms with Crippen LogP contribution in [0.4, 0.5) is 4.79 Å². The zero-order valence-electron chi connectivity index (χ0n) is 9.94. The van der Waals surface area contributed by atoms with Gasteiger partial charge < -0.3 is 20.5 Å². The number of carbonyl (C=O) groups is 1. The highest BCUT2D eigenvalue weighted by molar-refractivity contribution is 5.67. The Morgan fingerprint density at radius 2 is 2.18 bits per heavy atom. The number of alkyl carbamates (subject to hydrolysis) is 1. The van der Waals surface area contributed by atoms with Gasteiger partial charge in [0.1, 0.15) is 12.4 Å². The van der Waals surface area contributed by atoms with Gasteiger partial charge in [-0.1, -0.05) is 18.2 Å². The van der Waals surface area contributed by atoms with Crippen molar-refractivity contribution in [2.24, 2.45) is 5.73 Å². The molecule has 5 heteroatoms. The van der Waals surface area contributed by atoms with E-state index in [1.807, 2.05) is 24.3 Å². The molecule has 0 unspecified atom stereocenters. The Bertz CT molecular complexity index is 355. The lowest BCUT2D eigenvalue weighted by molar-refractivity contribution is 0.138. The van der Waals surface area contributed by atoms with Crippen molar-refractivity contribution < 1.29 is 14.3 Å². The lowest BCUT2D eigenvalue weighted by Gasteiger charge is -2.09. The topological polar surface area (TPSA) is 73.6 Å². The van der Waals surface area contributed by atoms with Gasteiger partial charge in [0.05, 0.1) is 7.11 Å². The molecule has 0 saturated carbocycles. The van der Waals surface area contributed by atoms with E-state index in [0.29, 0.717) is 18.8 Å². The molecular formula is C12H18N2O3. The van der Waals surface area contributed by atoms with Gasteiger partial charge in [0, 0.05) is 12.1 Å². The monoisotopic (exact) mass is 238 g/mol. The van der Waals surface area contributed by atoms with Crippen molar-refractivity contribution in [1.29, 1.82) is 0 Å². The fraction of sp³-hybridized carbons (Fsp3) is 0.417. The molecule has 1 aromatic carbocycles. The Kier molecular flexibility index (Phi) is 5.88. The van der Waals surface area contributed by atoms with Crippen LogP contribution in [0.1, 0.15) is 12.0 Å². The molecule has 1 rings (SSSR count). The van der Waals surface area contributed by atoms with Crippen molar-refractivity contribution in [2.45, 2.75) is 13.0 Å². The summed E-state index contributed by atoms with van der Waals surface area (Å²) in [7, 11) is 1.58. The molecule has 3 N–H and O–H groups in total. The van der Waals surface area contributed by atoms with E-state index in [-0.39, 0.29) is 6.61 Å². The molecule has 1 aromatic rings. The van der Waals surface area contributed by atoms with Crippen LogP contribution in [0.15, 0.2) is 24.3 Å². The zero-order valence-corrected chi connectivity index (χ0v) is 9.94. The maximum Gasteiger partial charge on any atom is 0.407 e. The van der Waals surface area contributed by atoms with Crippen LogP contribution in [0.2, 0.25) is 0 Å². The third kappa shape index (κ3) is 4.74. The van der Waals surface area contributed by atoms with E-state index in [1.54, 1.807) is 7.11 Å². The molecule has 0 bridgehead atoms. The minimum absolute atomic E-state index is 0.193. The lowest BCUT2D eigenvalue weighted by Crippen LogP contribution is -2.26. The molecule has 0 aromatic heterocycles. The molecule has 0 aliphatic heterocycles. The summed E-state index contributed by atoms with van der Waals surface area (Å²) < 4.78 is 10.2. The van der Waals surface area contributed by atoms with Crippen molar-refractivity contribution in [2.75, 3.05) is 20.2 Å². The zero-order chi connectivity index (χ0) is 12.5. The van der Waals surface area contributed by atoms with E-state index in [1.165, 1.54) is 0 Å². The standard InChI is InChI=1S/C12H18N2O3/c1-16-11-6-3-2-5-10(11)9-17-12(15)14-8-4-7-13/h2-3,5-6H,4,7-9,13H2,1H3,(H,14,15). The number of para-hydroxylation sites is 1. The Hall–Kier alpha value is -1.75. The van der Waals surface area contributed by atoms with Gasteiger partial charge in [0.2, 0.25) is 0 Å². The number of nitrogens with one attached hydrogen (secondary N) is 1. The summed E-state index contributed by atoms with van der Waals surface area (Å²) in [6.45, 7) is 1.27. The van der Waals surface area contributed by atoms with Crippen molar-refractivity contribution in [3.63, 3.8) is 0 Å². The molecule has 1 amide bonds. The number of ether oxygens (including phenoxy) is 2. The van der Waals surface area contributed by atoms with Crippen LogP contribution in [0, 0.1) is 0 Å². The van der Waals surface area contributed by atoms with Crippen molar-refractivity contribution >= 4 is 6.09 Å². The van der Waals surface area contributed by atoms with E-state index in [0.717, 1.165) is 12.0 Å². The Morgan fingerprint density at radius 3 is 2.88 bits per heavy atom. The van der Waals surface area contributed by atoms with E-state index in [2.05, 4.69) is 5.32 Å². The molecule has 0 spiro atoms. The van der Waals surface area contributed by atoms with Crippen LogP contribution < -0.4 is 15.8 Å². The van der Waals surface area contributed by atoms with E-state index in [4.69, 9.17) is 15.2 Å². The number of amides is 1. The van der Waals surface area contributed by atoms with E-state index in [9.17, 15) is 4.79 Å². The third-order valence-electron chi connectivity index (χ3n) is 2.20. The molecule has 0 aliphatic rings. The quantitative estimate of drug-likeness (QED) is 0.732. The second kappa shape index (κ2) is 7.51. The molecule has 0 atom stereocenters. The Morgan fingerprint density at radius 1 is 1.41 bits per heavy atom. The highest BCUT2D eigenvalue weighted by atomic mass is 16.5. The average molecular weight is 238 g/mol.